The molecule has 1 saturated carbocycles. The van der Waals surface area contributed by atoms with Crippen LogP contribution < -0.4 is 10.9 Å². The molecule has 0 saturated heterocycles. The van der Waals surface area contributed by atoms with Gasteiger partial charge in [-0.15, -0.1) is 0 Å². The van der Waals surface area contributed by atoms with E-state index in [2.05, 4.69) is 57.7 Å². The summed E-state index contributed by atoms with van der Waals surface area (Å²) in [5, 5.41) is 3.81. The average Bonchev–Trinajstić information content (AvgIpc) is 3.47. The second kappa shape index (κ2) is 13.2. The van der Waals surface area contributed by atoms with Gasteiger partial charge in [-0.1, -0.05) is 89.0 Å². The van der Waals surface area contributed by atoms with E-state index in [1.54, 1.807) is 6.07 Å². The SMILES string of the molecule is C=C(C=Ic1cc(-c2nc3cc(C(=O)Nc4ccc5c(C)cc(=O)oc5c4)ccc3n2C2CCCCC2)ccc1C)c1ccccc1. The second-order valence-corrected chi connectivity index (χ2v) is 14.7. The summed E-state index contributed by atoms with van der Waals surface area (Å²) in [5.41, 5.74) is 8.40. The molecule has 236 valence electrons. The molecular formula is C40H36IN3O3. The number of nitrogens with one attached hydrogen (secondary N) is 1. The van der Waals surface area contributed by atoms with Crippen molar-refractivity contribution in [1.29, 1.82) is 0 Å². The van der Waals surface area contributed by atoms with E-state index in [1.165, 1.54) is 34.5 Å². The van der Waals surface area contributed by atoms with Gasteiger partial charge in [0.2, 0.25) is 0 Å². The van der Waals surface area contributed by atoms with Crippen molar-refractivity contribution < 1.29 is 9.21 Å². The van der Waals surface area contributed by atoms with Gasteiger partial charge in [0.25, 0.3) is 5.91 Å². The minimum Gasteiger partial charge on any atom is -0.423 e. The molecule has 1 aliphatic rings. The van der Waals surface area contributed by atoms with Gasteiger partial charge in [-0.05, 0) is 89.4 Å². The van der Waals surface area contributed by atoms with Crippen LogP contribution in [-0.4, -0.2) is 19.5 Å². The number of aryl methyl sites for hydroxylation is 2. The van der Waals surface area contributed by atoms with Crippen molar-refractivity contribution in [2.45, 2.75) is 52.0 Å². The monoisotopic (exact) mass is 733 g/mol. The molecule has 7 rings (SSSR count). The number of amides is 1. The molecule has 6 nitrogen and oxygen atoms in total. The van der Waals surface area contributed by atoms with Crippen LogP contribution in [0.15, 0.2) is 107 Å². The van der Waals surface area contributed by atoms with Crippen LogP contribution in [0, 0.1) is 17.4 Å². The Labute approximate surface area is 283 Å². The van der Waals surface area contributed by atoms with Crippen molar-refractivity contribution in [2.24, 2.45) is 0 Å². The molecule has 6 aromatic rings. The number of benzene rings is 4. The van der Waals surface area contributed by atoms with Crippen LogP contribution in [0.5, 0.6) is 0 Å². The number of hydrogen-bond acceptors (Lipinski definition) is 4. The minimum atomic E-state index is -0.412. The molecule has 1 fully saturated rings. The fraction of sp³-hybridized carbons (Fsp3) is 0.200. The van der Waals surface area contributed by atoms with E-state index in [1.807, 2.05) is 55.5 Å². The molecule has 0 radical (unpaired) electrons. The first kappa shape index (κ1) is 31.0. The predicted molar refractivity (Wildman–Crippen MR) is 201 cm³/mol. The summed E-state index contributed by atoms with van der Waals surface area (Å²) in [6.45, 7) is 8.38. The highest BCUT2D eigenvalue weighted by Crippen LogP contribution is 2.37. The lowest BCUT2D eigenvalue weighted by atomic mass is 9.94. The lowest BCUT2D eigenvalue weighted by Crippen LogP contribution is -2.14. The third-order valence-corrected chi connectivity index (χ3v) is 11.9. The molecule has 2 heterocycles. The fourth-order valence-electron chi connectivity index (χ4n) is 6.45. The van der Waals surface area contributed by atoms with E-state index in [0.29, 0.717) is 22.9 Å². The number of carbonyl (C=O) groups is 1. The first-order chi connectivity index (χ1) is 22.8. The van der Waals surface area contributed by atoms with Crippen molar-refractivity contribution in [3.8, 4) is 11.4 Å². The number of rotatable bonds is 7. The van der Waals surface area contributed by atoms with Gasteiger partial charge in [0.05, 0.1) is 11.0 Å². The topological polar surface area (TPSA) is 77.1 Å². The van der Waals surface area contributed by atoms with Gasteiger partial charge in [-0.25, -0.2) is 9.78 Å². The molecule has 0 unspecified atom stereocenters. The van der Waals surface area contributed by atoms with Gasteiger partial charge in [-0.2, -0.15) is 0 Å². The maximum atomic E-state index is 13.5. The van der Waals surface area contributed by atoms with Crippen molar-refractivity contribution in [1.82, 2.24) is 9.55 Å². The van der Waals surface area contributed by atoms with E-state index < -0.39 is 26.4 Å². The number of anilines is 1. The van der Waals surface area contributed by atoms with Crippen molar-refractivity contribution in [3.63, 3.8) is 0 Å². The Kier molecular flexibility index (Phi) is 8.73. The quantitative estimate of drug-likeness (QED) is 0.131. The van der Waals surface area contributed by atoms with Gasteiger partial charge >= 0.3 is 5.63 Å². The van der Waals surface area contributed by atoms with E-state index in [-0.39, 0.29) is 5.91 Å². The summed E-state index contributed by atoms with van der Waals surface area (Å²) in [6, 6.07) is 30.1. The molecule has 4 aromatic carbocycles. The van der Waals surface area contributed by atoms with Crippen molar-refractivity contribution >= 4 is 63.9 Å². The summed E-state index contributed by atoms with van der Waals surface area (Å²) in [7, 11) is 0. The molecule has 47 heavy (non-hydrogen) atoms. The molecular weight excluding hydrogens is 697 g/mol. The number of carbonyl (C=O) groups excluding carboxylic acids is 1. The summed E-state index contributed by atoms with van der Waals surface area (Å²) in [6.07, 6.45) is 5.91. The minimum absolute atomic E-state index is 0.244. The first-order valence-electron chi connectivity index (χ1n) is 16.0. The van der Waals surface area contributed by atoms with E-state index in [4.69, 9.17) is 9.40 Å². The lowest BCUT2D eigenvalue weighted by molar-refractivity contribution is 0.102. The van der Waals surface area contributed by atoms with Crippen molar-refractivity contribution in [3.05, 3.63) is 134 Å². The van der Waals surface area contributed by atoms with E-state index >= 15 is 0 Å². The average molecular weight is 734 g/mol. The zero-order valence-electron chi connectivity index (χ0n) is 26.6. The molecule has 0 atom stereocenters. The zero-order chi connectivity index (χ0) is 32.5. The van der Waals surface area contributed by atoms with Crippen LogP contribution in [0.2, 0.25) is 0 Å². The predicted octanol–water partition coefficient (Wildman–Crippen LogP) is 9.84. The van der Waals surface area contributed by atoms with Gasteiger partial charge in [0, 0.05) is 43.9 Å². The van der Waals surface area contributed by atoms with Gasteiger partial charge in [0.15, 0.2) is 0 Å². The molecule has 1 aliphatic carbocycles. The Morgan fingerprint density at radius 2 is 1.72 bits per heavy atom. The molecule has 7 heteroatoms. The maximum absolute atomic E-state index is 13.5. The van der Waals surface area contributed by atoms with Crippen LogP contribution in [0.4, 0.5) is 5.69 Å². The summed E-state index contributed by atoms with van der Waals surface area (Å²) in [5.74, 6) is 0.711. The van der Waals surface area contributed by atoms with Crippen molar-refractivity contribution in [2.75, 3.05) is 5.32 Å². The van der Waals surface area contributed by atoms with E-state index in [0.717, 1.165) is 57.3 Å². The number of nitrogens with zero attached hydrogens (tertiary/aromatic N) is 2. The Morgan fingerprint density at radius 3 is 2.53 bits per heavy atom. The lowest BCUT2D eigenvalue weighted by Gasteiger charge is -2.26. The second-order valence-electron chi connectivity index (χ2n) is 12.3. The normalized spacial score (nSPS) is 14.0. The smallest absolute Gasteiger partial charge is 0.336 e. The Bertz CT molecular complexity index is 2240. The van der Waals surface area contributed by atoms with Crippen LogP contribution in [0.1, 0.15) is 65.2 Å². The molecule has 1 N–H and O–H groups in total. The van der Waals surface area contributed by atoms with Crippen LogP contribution in [0.25, 0.3) is 39.0 Å². The summed E-state index contributed by atoms with van der Waals surface area (Å²) in [4.78, 5) is 30.6. The largest absolute Gasteiger partial charge is 0.423 e. The number of hydrogen-bond donors (Lipinski definition) is 1. The highest BCUT2D eigenvalue weighted by molar-refractivity contribution is 14.2. The summed E-state index contributed by atoms with van der Waals surface area (Å²) < 4.78 is 11.5. The van der Waals surface area contributed by atoms with Gasteiger partial charge in [0.1, 0.15) is 11.4 Å². The van der Waals surface area contributed by atoms with Crippen LogP contribution in [-0.2, 0) is 0 Å². The van der Waals surface area contributed by atoms with E-state index in [9.17, 15) is 9.59 Å². The van der Waals surface area contributed by atoms with Gasteiger partial charge in [-0.3, -0.25) is 4.79 Å². The fourth-order valence-corrected chi connectivity index (χ4v) is 8.71. The number of aromatic nitrogens is 2. The highest BCUT2D eigenvalue weighted by Gasteiger charge is 2.23. The molecule has 2 aromatic heterocycles. The third-order valence-electron chi connectivity index (χ3n) is 8.98. The molecule has 0 aliphatic heterocycles. The molecule has 0 spiro atoms. The van der Waals surface area contributed by atoms with Gasteiger partial charge < -0.3 is 14.3 Å². The maximum Gasteiger partial charge on any atom is 0.336 e. The summed E-state index contributed by atoms with van der Waals surface area (Å²) >= 11 is -0.412. The Morgan fingerprint density at radius 1 is 0.915 bits per heavy atom. The van der Waals surface area contributed by atoms with Crippen LogP contribution >= 0.6 is 20.7 Å². The standard InChI is InChI=1S/C40H36IN3O3/c1-25-14-15-29(21-34(25)41-24-27(3)28-10-6-4-7-11-28)39-43-35-22-30(16-19-36(35)44(39)32-12-8-5-9-13-32)40(46)42-31-17-18-33-26(2)20-38(45)47-37(33)23-31/h4,6-7,10-11,14-24,32H,3,5,8-9,12-13H2,1-2H3,(H,42,46). The third kappa shape index (κ3) is 6.49. The van der Waals surface area contributed by atoms with Crippen LogP contribution in [0.3, 0.4) is 0 Å². The number of imidazole rings is 1. The Hall–Kier alpha value is -4.63. The number of allylic oxidation sites excluding steroid dienone is 1. The molecule has 0 bridgehead atoms. The molecule has 1 amide bonds. The Balaban J connectivity index is 1.23. The first-order valence-corrected chi connectivity index (χ1v) is 18.4. The zero-order valence-corrected chi connectivity index (χ0v) is 28.7. The highest BCUT2D eigenvalue weighted by atomic mass is 127. The number of fused-ring (bicyclic) bond motifs is 2. The number of halogens is 1.